The van der Waals surface area contributed by atoms with E-state index in [1.54, 1.807) is 11.3 Å². The summed E-state index contributed by atoms with van der Waals surface area (Å²) in [6, 6.07) is 0. The van der Waals surface area contributed by atoms with Crippen molar-refractivity contribution in [2.75, 3.05) is 0 Å². The monoisotopic (exact) mass is 267 g/mol. The van der Waals surface area contributed by atoms with E-state index in [1.165, 1.54) is 12.8 Å². The third kappa shape index (κ3) is 3.79. The summed E-state index contributed by atoms with van der Waals surface area (Å²) < 4.78 is 0. The molecule has 1 aliphatic rings. The van der Waals surface area contributed by atoms with Crippen LogP contribution in [-0.4, -0.2) is 15.7 Å². The van der Waals surface area contributed by atoms with Crippen LogP contribution in [0.15, 0.2) is 5.38 Å². The minimum absolute atomic E-state index is 0.502. The van der Waals surface area contributed by atoms with Gasteiger partial charge in [-0.3, -0.25) is 0 Å². The summed E-state index contributed by atoms with van der Waals surface area (Å²) in [7, 11) is 0. The van der Waals surface area contributed by atoms with E-state index in [4.69, 9.17) is 0 Å². The molecule has 18 heavy (non-hydrogen) atoms. The number of thiazole rings is 1. The normalized spacial score (nSPS) is 28.8. The van der Waals surface area contributed by atoms with Crippen LogP contribution in [0.5, 0.6) is 0 Å². The summed E-state index contributed by atoms with van der Waals surface area (Å²) >= 11 is 1.68. The van der Waals surface area contributed by atoms with Gasteiger partial charge >= 0.3 is 0 Å². The van der Waals surface area contributed by atoms with Crippen LogP contribution in [0.1, 0.15) is 56.7 Å². The highest BCUT2D eigenvalue weighted by molar-refractivity contribution is 7.09. The molecular formula is C15H25NOS. The molecule has 102 valence electrons. The molecule has 2 nitrogen and oxygen atoms in total. The molecule has 0 bridgehead atoms. The first kappa shape index (κ1) is 14.0. The van der Waals surface area contributed by atoms with Crippen molar-refractivity contribution >= 4 is 11.3 Å². The molecule has 1 aromatic heterocycles. The molecule has 1 saturated carbocycles. The second-order valence-electron chi connectivity index (χ2n) is 6.35. The summed E-state index contributed by atoms with van der Waals surface area (Å²) in [4.78, 5) is 4.49. The van der Waals surface area contributed by atoms with Gasteiger partial charge < -0.3 is 5.11 Å². The Morgan fingerprint density at radius 3 is 2.94 bits per heavy atom. The molecule has 3 heteroatoms. The molecule has 2 rings (SSSR count). The Balaban J connectivity index is 1.97. The van der Waals surface area contributed by atoms with Crippen molar-refractivity contribution in [3.8, 4) is 0 Å². The quantitative estimate of drug-likeness (QED) is 0.895. The van der Waals surface area contributed by atoms with E-state index < -0.39 is 5.60 Å². The summed E-state index contributed by atoms with van der Waals surface area (Å²) in [5.74, 6) is 1.43. The van der Waals surface area contributed by atoms with Gasteiger partial charge in [0.25, 0.3) is 0 Å². The molecule has 0 radical (unpaired) electrons. The van der Waals surface area contributed by atoms with Gasteiger partial charge in [0.2, 0.25) is 0 Å². The van der Waals surface area contributed by atoms with Gasteiger partial charge in [0.15, 0.2) is 0 Å². The molecule has 0 aliphatic heterocycles. The second kappa shape index (κ2) is 5.70. The highest BCUT2D eigenvalue weighted by Crippen LogP contribution is 2.37. The van der Waals surface area contributed by atoms with Crippen LogP contribution in [0.25, 0.3) is 0 Å². The van der Waals surface area contributed by atoms with E-state index in [-0.39, 0.29) is 0 Å². The first-order chi connectivity index (χ1) is 8.47. The van der Waals surface area contributed by atoms with Crippen LogP contribution >= 0.6 is 11.3 Å². The molecule has 2 unspecified atom stereocenters. The lowest BCUT2D eigenvalue weighted by Gasteiger charge is -2.37. The molecular weight excluding hydrogens is 242 g/mol. The highest BCUT2D eigenvalue weighted by Gasteiger charge is 2.35. The Hall–Kier alpha value is -0.410. The van der Waals surface area contributed by atoms with Crippen LogP contribution in [0.4, 0.5) is 0 Å². The fraction of sp³-hybridized carbons (Fsp3) is 0.800. The summed E-state index contributed by atoms with van der Waals surface area (Å²) in [5.41, 5.74) is 0.573. The molecule has 1 fully saturated rings. The molecule has 0 amide bonds. The fourth-order valence-corrected chi connectivity index (χ4v) is 3.93. The van der Waals surface area contributed by atoms with Crippen molar-refractivity contribution in [2.45, 2.75) is 64.9 Å². The Labute approximate surface area is 114 Å². The zero-order chi connectivity index (χ0) is 13.2. The summed E-state index contributed by atoms with van der Waals surface area (Å²) in [6.07, 6.45) is 6.35. The zero-order valence-electron chi connectivity index (χ0n) is 11.8. The average Bonchev–Trinajstić information content (AvgIpc) is 2.62. The maximum absolute atomic E-state index is 10.8. The lowest BCUT2D eigenvalue weighted by molar-refractivity contribution is -0.0195. The SMILES string of the molecule is Cc1nc(CC2(O)CCCC(CC(C)C)C2)cs1. The van der Waals surface area contributed by atoms with Gasteiger partial charge in [0.05, 0.1) is 16.3 Å². The van der Waals surface area contributed by atoms with Gasteiger partial charge in [-0.15, -0.1) is 11.3 Å². The molecule has 1 aliphatic carbocycles. The fourth-order valence-electron chi connectivity index (χ4n) is 3.32. The van der Waals surface area contributed by atoms with Gasteiger partial charge in [0.1, 0.15) is 0 Å². The number of rotatable bonds is 4. The Kier molecular flexibility index (Phi) is 4.44. The van der Waals surface area contributed by atoms with Crippen LogP contribution in [0.3, 0.4) is 0 Å². The van der Waals surface area contributed by atoms with Gasteiger partial charge in [0, 0.05) is 11.8 Å². The maximum Gasteiger partial charge on any atom is 0.0897 e. The van der Waals surface area contributed by atoms with Gasteiger partial charge in [-0.2, -0.15) is 0 Å². The minimum atomic E-state index is -0.502. The van der Waals surface area contributed by atoms with E-state index in [2.05, 4.69) is 24.2 Å². The molecule has 2 atom stereocenters. The smallest absolute Gasteiger partial charge is 0.0897 e. The summed E-state index contributed by atoms with van der Waals surface area (Å²) in [6.45, 7) is 6.58. The molecule has 1 heterocycles. The first-order valence-electron chi connectivity index (χ1n) is 7.10. The third-order valence-electron chi connectivity index (χ3n) is 3.90. The predicted octanol–water partition coefficient (Wildman–Crippen LogP) is 3.96. The average molecular weight is 267 g/mol. The first-order valence-corrected chi connectivity index (χ1v) is 7.98. The molecule has 1 N–H and O–H groups in total. The molecule has 0 spiro atoms. The van der Waals surface area contributed by atoms with E-state index >= 15 is 0 Å². The van der Waals surface area contributed by atoms with E-state index in [0.717, 1.165) is 42.3 Å². The summed E-state index contributed by atoms with van der Waals surface area (Å²) in [5, 5.41) is 14.0. The van der Waals surface area contributed by atoms with Crippen molar-refractivity contribution in [3.05, 3.63) is 16.1 Å². The Bertz CT molecular complexity index is 388. The van der Waals surface area contributed by atoms with Crippen molar-refractivity contribution < 1.29 is 5.11 Å². The maximum atomic E-state index is 10.8. The molecule has 1 aromatic rings. The van der Waals surface area contributed by atoms with E-state index in [9.17, 15) is 5.11 Å². The van der Waals surface area contributed by atoms with Crippen LogP contribution in [-0.2, 0) is 6.42 Å². The van der Waals surface area contributed by atoms with Crippen LogP contribution in [0, 0.1) is 18.8 Å². The van der Waals surface area contributed by atoms with Crippen molar-refractivity contribution in [3.63, 3.8) is 0 Å². The van der Waals surface area contributed by atoms with Crippen molar-refractivity contribution in [2.24, 2.45) is 11.8 Å². The van der Waals surface area contributed by atoms with Gasteiger partial charge in [-0.1, -0.05) is 26.7 Å². The second-order valence-corrected chi connectivity index (χ2v) is 7.41. The minimum Gasteiger partial charge on any atom is -0.389 e. The molecule has 0 saturated heterocycles. The largest absolute Gasteiger partial charge is 0.389 e. The van der Waals surface area contributed by atoms with Crippen LogP contribution < -0.4 is 0 Å². The predicted molar refractivity (Wildman–Crippen MR) is 76.9 cm³/mol. The highest BCUT2D eigenvalue weighted by atomic mass is 32.1. The number of aliphatic hydroxyl groups is 1. The van der Waals surface area contributed by atoms with Crippen LogP contribution in [0.2, 0.25) is 0 Å². The van der Waals surface area contributed by atoms with E-state index in [0.29, 0.717) is 5.92 Å². The number of aryl methyl sites for hydroxylation is 1. The number of hydrogen-bond acceptors (Lipinski definition) is 3. The number of nitrogens with zero attached hydrogens (tertiary/aromatic N) is 1. The topological polar surface area (TPSA) is 33.1 Å². The van der Waals surface area contributed by atoms with Crippen molar-refractivity contribution in [1.29, 1.82) is 0 Å². The number of aromatic nitrogens is 1. The third-order valence-corrected chi connectivity index (χ3v) is 4.73. The van der Waals surface area contributed by atoms with Crippen molar-refractivity contribution in [1.82, 2.24) is 4.98 Å². The Morgan fingerprint density at radius 1 is 1.56 bits per heavy atom. The zero-order valence-corrected chi connectivity index (χ0v) is 12.6. The van der Waals surface area contributed by atoms with Gasteiger partial charge in [-0.25, -0.2) is 4.98 Å². The molecule has 0 aromatic carbocycles. The Morgan fingerprint density at radius 2 is 2.33 bits per heavy atom. The van der Waals surface area contributed by atoms with E-state index in [1.807, 2.05) is 6.92 Å². The van der Waals surface area contributed by atoms with Gasteiger partial charge in [-0.05, 0) is 38.0 Å². The number of hydrogen-bond donors (Lipinski definition) is 1. The lowest BCUT2D eigenvalue weighted by Crippen LogP contribution is -2.37. The standard InChI is InChI=1S/C15H25NOS/c1-11(2)7-13-5-4-6-15(17,8-13)9-14-10-18-12(3)16-14/h10-11,13,17H,4-9H2,1-3H3. The lowest BCUT2D eigenvalue weighted by atomic mass is 9.73.